The molecule has 3 heterocycles. The number of hydrogen-bond acceptors (Lipinski definition) is 3. The second-order valence-corrected chi connectivity index (χ2v) is 6.41. The molecule has 4 nitrogen and oxygen atoms in total. The molecular formula is C16H22N4. The summed E-state index contributed by atoms with van der Waals surface area (Å²) in [5.41, 5.74) is 2.81. The topological polar surface area (TPSA) is 44.0 Å². The number of benzene rings is 1. The Kier molecular flexibility index (Phi) is 3.00. The lowest BCUT2D eigenvalue weighted by atomic mass is 9.78. The molecule has 2 N–H and O–H groups in total. The molecule has 1 aromatic heterocycles. The Bertz CT molecular complexity index is 564. The zero-order valence-electron chi connectivity index (χ0n) is 11.9. The molecule has 0 bridgehead atoms. The van der Waals surface area contributed by atoms with Gasteiger partial charge in [0.05, 0.1) is 17.6 Å². The van der Waals surface area contributed by atoms with Gasteiger partial charge in [-0.3, -0.25) is 4.90 Å². The molecule has 20 heavy (non-hydrogen) atoms. The van der Waals surface area contributed by atoms with Crippen molar-refractivity contribution >= 4 is 11.0 Å². The molecule has 106 valence electrons. The van der Waals surface area contributed by atoms with Gasteiger partial charge in [0.2, 0.25) is 0 Å². The molecule has 0 saturated carbocycles. The van der Waals surface area contributed by atoms with Gasteiger partial charge in [-0.2, -0.15) is 0 Å². The van der Waals surface area contributed by atoms with Crippen LogP contribution < -0.4 is 5.32 Å². The Balaban J connectivity index is 1.47. The van der Waals surface area contributed by atoms with Gasteiger partial charge in [0.1, 0.15) is 5.82 Å². The maximum absolute atomic E-state index is 4.70. The van der Waals surface area contributed by atoms with Crippen LogP contribution in [-0.4, -0.2) is 41.0 Å². The third-order valence-electron chi connectivity index (χ3n) is 4.99. The Labute approximate surface area is 119 Å². The van der Waals surface area contributed by atoms with Gasteiger partial charge in [0.15, 0.2) is 0 Å². The van der Waals surface area contributed by atoms with Crippen LogP contribution in [0.1, 0.15) is 25.1 Å². The molecule has 2 aliphatic rings. The number of rotatable bonds is 2. The molecule has 2 saturated heterocycles. The van der Waals surface area contributed by atoms with Crippen LogP contribution in [0.25, 0.3) is 11.0 Å². The number of aromatic amines is 1. The van der Waals surface area contributed by atoms with E-state index in [1.807, 2.05) is 6.07 Å². The third-order valence-corrected chi connectivity index (χ3v) is 4.99. The van der Waals surface area contributed by atoms with E-state index in [1.54, 1.807) is 0 Å². The molecular weight excluding hydrogens is 248 g/mol. The molecule has 0 amide bonds. The van der Waals surface area contributed by atoms with Crippen LogP contribution in [0, 0.1) is 5.41 Å². The second kappa shape index (κ2) is 4.86. The standard InChI is InChI=1S/C16H22N4/c1-2-4-14-13(3-1)18-15(19-14)11-20-10-7-16(12-20)5-8-17-9-6-16/h1-4,17H,5-12H2,(H,18,19). The van der Waals surface area contributed by atoms with Crippen molar-refractivity contribution in [2.24, 2.45) is 5.41 Å². The predicted molar refractivity (Wildman–Crippen MR) is 80.5 cm³/mol. The van der Waals surface area contributed by atoms with Crippen molar-refractivity contribution in [3.05, 3.63) is 30.1 Å². The van der Waals surface area contributed by atoms with Crippen LogP contribution in [0.2, 0.25) is 0 Å². The van der Waals surface area contributed by atoms with E-state index in [0.717, 1.165) is 23.4 Å². The van der Waals surface area contributed by atoms with Gasteiger partial charge < -0.3 is 10.3 Å². The summed E-state index contributed by atoms with van der Waals surface area (Å²) < 4.78 is 0. The number of nitrogens with one attached hydrogen (secondary N) is 2. The highest BCUT2D eigenvalue weighted by Crippen LogP contribution is 2.38. The van der Waals surface area contributed by atoms with E-state index in [0.29, 0.717) is 5.41 Å². The van der Waals surface area contributed by atoms with E-state index in [4.69, 9.17) is 4.98 Å². The summed E-state index contributed by atoms with van der Waals surface area (Å²) in [5.74, 6) is 1.11. The minimum atomic E-state index is 0.581. The number of likely N-dealkylation sites (tertiary alicyclic amines) is 1. The van der Waals surface area contributed by atoms with E-state index in [-0.39, 0.29) is 0 Å². The lowest BCUT2D eigenvalue weighted by Crippen LogP contribution is -2.38. The molecule has 2 aromatic rings. The largest absolute Gasteiger partial charge is 0.341 e. The third kappa shape index (κ3) is 2.23. The van der Waals surface area contributed by atoms with Crippen molar-refractivity contribution in [3.63, 3.8) is 0 Å². The molecule has 4 rings (SSSR count). The zero-order valence-corrected chi connectivity index (χ0v) is 11.9. The number of nitrogens with zero attached hydrogens (tertiary/aromatic N) is 2. The number of hydrogen-bond donors (Lipinski definition) is 2. The lowest BCUT2D eigenvalue weighted by Gasteiger charge is -2.33. The zero-order chi connectivity index (χ0) is 13.4. The summed E-state index contributed by atoms with van der Waals surface area (Å²) in [6, 6.07) is 8.29. The molecule has 4 heteroatoms. The molecule has 0 atom stereocenters. The minimum absolute atomic E-state index is 0.581. The van der Waals surface area contributed by atoms with Crippen LogP contribution in [-0.2, 0) is 6.54 Å². The number of piperidine rings is 1. The van der Waals surface area contributed by atoms with Crippen LogP contribution in [0.5, 0.6) is 0 Å². The molecule has 0 aliphatic carbocycles. The van der Waals surface area contributed by atoms with Crippen molar-refractivity contribution in [2.45, 2.75) is 25.8 Å². The fourth-order valence-corrected chi connectivity index (χ4v) is 3.82. The molecule has 1 aromatic carbocycles. The number of para-hydroxylation sites is 2. The molecule has 1 spiro atoms. The Morgan fingerprint density at radius 1 is 1.15 bits per heavy atom. The van der Waals surface area contributed by atoms with Gasteiger partial charge in [0, 0.05) is 6.54 Å². The molecule has 2 fully saturated rings. The minimum Gasteiger partial charge on any atom is -0.341 e. The average Bonchev–Trinajstić information content (AvgIpc) is 3.04. The van der Waals surface area contributed by atoms with Gasteiger partial charge in [-0.15, -0.1) is 0 Å². The summed E-state index contributed by atoms with van der Waals surface area (Å²) in [7, 11) is 0. The van der Waals surface area contributed by atoms with Crippen molar-refractivity contribution in [1.29, 1.82) is 0 Å². The van der Waals surface area contributed by atoms with Crippen LogP contribution in [0.3, 0.4) is 0 Å². The highest BCUT2D eigenvalue weighted by Gasteiger charge is 2.38. The summed E-state index contributed by atoms with van der Waals surface area (Å²) in [6.07, 6.45) is 4.03. The predicted octanol–water partition coefficient (Wildman–Crippen LogP) is 2.14. The first-order valence-corrected chi connectivity index (χ1v) is 7.70. The quantitative estimate of drug-likeness (QED) is 0.878. The molecule has 2 aliphatic heterocycles. The number of imidazole rings is 1. The SMILES string of the molecule is c1ccc2[nH]c(CN3CCC4(CCNCC4)C3)nc2c1. The number of aromatic nitrogens is 2. The van der Waals surface area contributed by atoms with Gasteiger partial charge in [0.25, 0.3) is 0 Å². The van der Waals surface area contributed by atoms with Crippen LogP contribution >= 0.6 is 0 Å². The number of H-pyrrole nitrogens is 1. The molecule has 0 unspecified atom stereocenters. The lowest BCUT2D eigenvalue weighted by molar-refractivity contribution is 0.192. The highest BCUT2D eigenvalue weighted by molar-refractivity contribution is 5.74. The second-order valence-electron chi connectivity index (χ2n) is 6.41. The average molecular weight is 270 g/mol. The van der Waals surface area contributed by atoms with Gasteiger partial charge >= 0.3 is 0 Å². The first kappa shape index (κ1) is 12.4. The Morgan fingerprint density at radius 3 is 2.85 bits per heavy atom. The monoisotopic (exact) mass is 270 g/mol. The summed E-state index contributed by atoms with van der Waals surface area (Å²) in [5, 5.41) is 3.48. The van der Waals surface area contributed by atoms with Crippen molar-refractivity contribution in [1.82, 2.24) is 20.2 Å². The van der Waals surface area contributed by atoms with E-state index >= 15 is 0 Å². The van der Waals surface area contributed by atoms with Gasteiger partial charge in [-0.25, -0.2) is 4.98 Å². The Morgan fingerprint density at radius 2 is 2.00 bits per heavy atom. The van der Waals surface area contributed by atoms with Crippen LogP contribution in [0.4, 0.5) is 0 Å². The maximum Gasteiger partial charge on any atom is 0.121 e. The summed E-state index contributed by atoms with van der Waals surface area (Å²) in [6.45, 7) is 5.81. The van der Waals surface area contributed by atoms with Crippen molar-refractivity contribution in [2.75, 3.05) is 26.2 Å². The van der Waals surface area contributed by atoms with E-state index in [9.17, 15) is 0 Å². The van der Waals surface area contributed by atoms with Gasteiger partial charge in [-0.05, 0) is 56.4 Å². The van der Waals surface area contributed by atoms with Crippen molar-refractivity contribution in [3.8, 4) is 0 Å². The highest BCUT2D eigenvalue weighted by atomic mass is 15.2. The fourth-order valence-electron chi connectivity index (χ4n) is 3.82. The van der Waals surface area contributed by atoms with Crippen molar-refractivity contribution < 1.29 is 0 Å². The maximum atomic E-state index is 4.70. The van der Waals surface area contributed by atoms with Crippen LogP contribution in [0.15, 0.2) is 24.3 Å². The van der Waals surface area contributed by atoms with E-state index < -0.39 is 0 Å². The van der Waals surface area contributed by atoms with Gasteiger partial charge in [-0.1, -0.05) is 12.1 Å². The van der Waals surface area contributed by atoms with E-state index in [2.05, 4.69) is 33.4 Å². The fraction of sp³-hybridized carbons (Fsp3) is 0.562. The van der Waals surface area contributed by atoms with E-state index in [1.165, 1.54) is 45.4 Å². The summed E-state index contributed by atoms with van der Waals surface area (Å²) in [4.78, 5) is 10.7. The normalized spacial score (nSPS) is 22.8. The first-order chi connectivity index (χ1) is 9.83. The summed E-state index contributed by atoms with van der Waals surface area (Å²) >= 11 is 0. The smallest absolute Gasteiger partial charge is 0.121 e. The first-order valence-electron chi connectivity index (χ1n) is 7.70. The molecule has 0 radical (unpaired) electrons. The Hall–Kier alpha value is -1.39. The number of fused-ring (bicyclic) bond motifs is 1.